The Balaban J connectivity index is 2.29. The van der Waals surface area contributed by atoms with E-state index in [0.717, 1.165) is 30.1 Å². The Labute approximate surface area is 93.9 Å². The predicted molar refractivity (Wildman–Crippen MR) is 61.8 cm³/mol. The molecule has 1 rings (SSSR count). The molecule has 0 saturated carbocycles. The molecule has 0 aliphatic heterocycles. The van der Waals surface area contributed by atoms with Crippen molar-refractivity contribution in [3.05, 3.63) is 16.1 Å². The topological polar surface area (TPSA) is 68.0 Å². The molecule has 1 amide bonds. The highest BCUT2D eigenvalue weighted by Crippen LogP contribution is 2.07. The van der Waals surface area contributed by atoms with Gasteiger partial charge in [-0.2, -0.15) is 0 Å². The van der Waals surface area contributed by atoms with Gasteiger partial charge in [-0.05, 0) is 13.3 Å². The van der Waals surface area contributed by atoms with Crippen molar-refractivity contribution in [2.75, 3.05) is 6.54 Å². The molecule has 0 aromatic carbocycles. The molecule has 0 aliphatic carbocycles. The molecule has 0 fully saturated rings. The van der Waals surface area contributed by atoms with Crippen LogP contribution in [0.25, 0.3) is 0 Å². The number of amides is 1. The molecule has 1 aromatic rings. The lowest BCUT2D eigenvalue weighted by molar-refractivity contribution is -0.120. The number of aryl methyl sites for hydroxylation is 1. The monoisotopic (exact) mass is 227 g/mol. The van der Waals surface area contributed by atoms with Gasteiger partial charge in [0.2, 0.25) is 5.91 Å². The van der Waals surface area contributed by atoms with E-state index in [-0.39, 0.29) is 11.9 Å². The molecule has 5 heteroatoms. The van der Waals surface area contributed by atoms with Gasteiger partial charge >= 0.3 is 0 Å². The van der Waals surface area contributed by atoms with Crippen LogP contribution < -0.4 is 11.1 Å². The summed E-state index contributed by atoms with van der Waals surface area (Å²) in [6.45, 7) is 4.67. The fraction of sp³-hybridized carbons (Fsp3) is 0.600. The molecule has 3 N–H and O–H groups in total. The number of nitrogens with zero attached hydrogens (tertiary/aromatic N) is 1. The summed E-state index contributed by atoms with van der Waals surface area (Å²) in [6, 6.07) is -0.218. The van der Waals surface area contributed by atoms with Crippen molar-refractivity contribution in [3.63, 3.8) is 0 Å². The van der Waals surface area contributed by atoms with E-state index in [1.165, 1.54) is 0 Å². The van der Waals surface area contributed by atoms with Gasteiger partial charge in [-0.3, -0.25) is 4.79 Å². The zero-order valence-electron chi connectivity index (χ0n) is 9.12. The number of primary amides is 1. The third-order valence-electron chi connectivity index (χ3n) is 2.19. The van der Waals surface area contributed by atoms with Gasteiger partial charge in [0, 0.05) is 18.3 Å². The first-order valence-electron chi connectivity index (χ1n) is 5.07. The van der Waals surface area contributed by atoms with Gasteiger partial charge in [0.1, 0.15) is 0 Å². The van der Waals surface area contributed by atoms with Crippen LogP contribution in [0.5, 0.6) is 0 Å². The van der Waals surface area contributed by atoms with Crippen molar-refractivity contribution in [1.82, 2.24) is 10.3 Å². The molecule has 15 heavy (non-hydrogen) atoms. The minimum Gasteiger partial charge on any atom is -0.368 e. The second-order valence-electron chi connectivity index (χ2n) is 3.43. The second kappa shape index (κ2) is 5.82. The number of nitrogens with one attached hydrogen (secondary N) is 1. The van der Waals surface area contributed by atoms with Crippen LogP contribution in [-0.4, -0.2) is 23.5 Å². The van der Waals surface area contributed by atoms with Crippen molar-refractivity contribution < 1.29 is 4.79 Å². The molecule has 0 saturated heterocycles. The summed E-state index contributed by atoms with van der Waals surface area (Å²) in [5.41, 5.74) is 6.29. The molecule has 1 atom stereocenters. The first-order chi connectivity index (χ1) is 7.13. The third-order valence-corrected chi connectivity index (χ3v) is 3.01. The van der Waals surface area contributed by atoms with E-state index in [1.54, 1.807) is 11.3 Å². The molecule has 1 unspecified atom stereocenters. The van der Waals surface area contributed by atoms with Crippen LogP contribution >= 0.6 is 11.3 Å². The average molecular weight is 227 g/mol. The number of hydrogen-bond acceptors (Lipinski definition) is 4. The Kier molecular flexibility index (Phi) is 4.71. The zero-order chi connectivity index (χ0) is 11.3. The predicted octanol–water partition coefficient (Wildman–Crippen LogP) is 0.848. The third kappa shape index (κ3) is 3.97. The highest BCUT2D eigenvalue weighted by Gasteiger charge is 2.11. The number of carbonyl (C=O) groups is 1. The van der Waals surface area contributed by atoms with Crippen LogP contribution in [-0.2, 0) is 11.2 Å². The molecular weight excluding hydrogens is 210 g/mol. The lowest BCUT2D eigenvalue weighted by Crippen LogP contribution is -2.41. The molecule has 1 heterocycles. The Morgan fingerprint density at radius 1 is 1.73 bits per heavy atom. The highest BCUT2D eigenvalue weighted by atomic mass is 32.1. The fourth-order valence-corrected chi connectivity index (χ4v) is 1.99. The summed E-state index contributed by atoms with van der Waals surface area (Å²) < 4.78 is 0. The minimum absolute atomic E-state index is 0.218. The molecule has 0 radical (unpaired) electrons. The van der Waals surface area contributed by atoms with Crippen LogP contribution in [0.4, 0.5) is 0 Å². The van der Waals surface area contributed by atoms with E-state index in [9.17, 15) is 4.79 Å². The van der Waals surface area contributed by atoms with Crippen molar-refractivity contribution in [2.24, 2.45) is 5.73 Å². The van der Waals surface area contributed by atoms with E-state index in [4.69, 9.17) is 5.73 Å². The summed E-state index contributed by atoms with van der Waals surface area (Å²) in [5, 5.41) is 6.24. The summed E-state index contributed by atoms with van der Waals surface area (Å²) in [4.78, 5) is 15.3. The summed E-state index contributed by atoms with van der Waals surface area (Å²) in [7, 11) is 0. The first-order valence-corrected chi connectivity index (χ1v) is 5.95. The van der Waals surface area contributed by atoms with Gasteiger partial charge in [-0.25, -0.2) is 4.98 Å². The zero-order valence-corrected chi connectivity index (χ0v) is 9.93. The number of aromatic nitrogens is 1. The van der Waals surface area contributed by atoms with Crippen LogP contribution in [0, 0.1) is 6.92 Å². The quantitative estimate of drug-likeness (QED) is 0.757. The van der Waals surface area contributed by atoms with Crippen LogP contribution in [0.15, 0.2) is 5.38 Å². The molecule has 0 aliphatic rings. The average Bonchev–Trinajstić information content (AvgIpc) is 2.58. The minimum atomic E-state index is -0.285. The SMILES string of the molecule is CCC(NCCc1csc(C)n1)C(N)=O. The molecule has 1 aromatic heterocycles. The van der Waals surface area contributed by atoms with Gasteiger partial charge in [0.25, 0.3) is 0 Å². The maximum atomic E-state index is 10.9. The summed E-state index contributed by atoms with van der Waals surface area (Å²) in [6.07, 6.45) is 1.57. The van der Waals surface area contributed by atoms with Gasteiger partial charge in [-0.1, -0.05) is 6.92 Å². The number of rotatable bonds is 6. The number of thiazole rings is 1. The second-order valence-corrected chi connectivity index (χ2v) is 4.49. The molecule has 84 valence electrons. The summed E-state index contributed by atoms with van der Waals surface area (Å²) in [5.74, 6) is -0.285. The van der Waals surface area contributed by atoms with Gasteiger partial charge < -0.3 is 11.1 Å². The van der Waals surface area contributed by atoms with Crippen molar-refractivity contribution in [3.8, 4) is 0 Å². The molecule has 0 bridgehead atoms. The van der Waals surface area contributed by atoms with Crippen molar-refractivity contribution in [2.45, 2.75) is 32.7 Å². The molecular formula is C10H17N3OS. The van der Waals surface area contributed by atoms with Gasteiger partial charge in [0.15, 0.2) is 0 Å². The number of nitrogens with two attached hydrogens (primary N) is 1. The van der Waals surface area contributed by atoms with Crippen molar-refractivity contribution >= 4 is 17.2 Å². The Morgan fingerprint density at radius 2 is 2.47 bits per heavy atom. The maximum Gasteiger partial charge on any atom is 0.234 e. The van der Waals surface area contributed by atoms with E-state index in [1.807, 2.05) is 19.2 Å². The normalized spacial score (nSPS) is 12.7. The van der Waals surface area contributed by atoms with E-state index in [2.05, 4.69) is 10.3 Å². The Morgan fingerprint density at radius 3 is 2.93 bits per heavy atom. The lowest BCUT2D eigenvalue weighted by atomic mass is 10.2. The maximum absolute atomic E-state index is 10.9. The lowest BCUT2D eigenvalue weighted by Gasteiger charge is -2.11. The highest BCUT2D eigenvalue weighted by molar-refractivity contribution is 7.09. The van der Waals surface area contributed by atoms with Crippen molar-refractivity contribution in [1.29, 1.82) is 0 Å². The Hall–Kier alpha value is -0.940. The van der Waals surface area contributed by atoms with Crippen LogP contribution in [0.3, 0.4) is 0 Å². The largest absolute Gasteiger partial charge is 0.368 e. The number of hydrogen-bond donors (Lipinski definition) is 2. The van der Waals surface area contributed by atoms with E-state index in [0.29, 0.717) is 0 Å². The van der Waals surface area contributed by atoms with Crippen LogP contribution in [0.1, 0.15) is 24.0 Å². The van der Waals surface area contributed by atoms with Gasteiger partial charge in [-0.15, -0.1) is 11.3 Å². The van der Waals surface area contributed by atoms with E-state index < -0.39 is 0 Å². The standard InChI is InChI=1S/C10H17N3OS/c1-3-9(10(11)14)12-5-4-8-6-15-7(2)13-8/h6,9,12H,3-5H2,1-2H3,(H2,11,14). The van der Waals surface area contributed by atoms with Gasteiger partial charge in [0.05, 0.1) is 16.7 Å². The Bertz CT molecular complexity index is 324. The fourth-order valence-electron chi connectivity index (χ4n) is 1.34. The molecule has 0 spiro atoms. The van der Waals surface area contributed by atoms with Crippen LogP contribution in [0.2, 0.25) is 0 Å². The molecule has 4 nitrogen and oxygen atoms in total. The number of carbonyl (C=O) groups excluding carboxylic acids is 1. The summed E-state index contributed by atoms with van der Waals surface area (Å²) >= 11 is 1.64. The smallest absolute Gasteiger partial charge is 0.234 e. The first kappa shape index (κ1) is 12.1. The van der Waals surface area contributed by atoms with E-state index >= 15 is 0 Å².